The number of rotatable bonds is 3. The predicted molar refractivity (Wildman–Crippen MR) is 78.7 cm³/mol. The number of benzene rings is 2. The van der Waals surface area contributed by atoms with Crippen molar-refractivity contribution in [3.05, 3.63) is 71.0 Å². The van der Waals surface area contributed by atoms with Gasteiger partial charge in [-0.05, 0) is 42.3 Å². The summed E-state index contributed by atoms with van der Waals surface area (Å²) in [6, 6.07) is 15.4. The fraction of sp³-hybridized carbons (Fsp3) is 0.294. The molecule has 3 heteroatoms. The van der Waals surface area contributed by atoms with Gasteiger partial charge in [0.1, 0.15) is 5.82 Å². The van der Waals surface area contributed by atoms with Gasteiger partial charge in [0, 0.05) is 18.6 Å². The van der Waals surface area contributed by atoms with Gasteiger partial charge in [0.2, 0.25) is 0 Å². The van der Waals surface area contributed by atoms with E-state index in [4.69, 9.17) is 5.73 Å². The molecule has 0 amide bonds. The monoisotopic (exact) mass is 270 g/mol. The van der Waals surface area contributed by atoms with Gasteiger partial charge in [-0.1, -0.05) is 36.4 Å². The molecule has 2 aromatic rings. The molecule has 3 rings (SSSR count). The molecule has 1 aliphatic rings. The van der Waals surface area contributed by atoms with Crippen molar-refractivity contribution in [2.45, 2.75) is 25.0 Å². The van der Waals surface area contributed by atoms with Crippen LogP contribution < -0.4 is 5.73 Å². The normalized spacial score (nSPS) is 21.2. The van der Waals surface area contributed by atoms with Crippen LogP contribution in [0.2, 0.25) is 0 Å². The Kier molecular flexibility index (Phi) is 3.55. The summed E-state index contributed by atoms with van der Waals surface area (Å²) in [6.07, 6.45) is 0.981. The second kappa shape index (κ2) is 5.35. The lowest BCUT2D eigenvalue weighted by Crippen LogP contribution is -2.37. The summed E-state index contributed by atoms with van der Waals surface area (Å²) in [5, 5.41) is 0. The molecular weight excluding hydrogens is 251 g/mol. The number of nitrogens with zero attached hydrogens (tertiary/aromatic N) is 1. The van der Waals surface area contributed by atoms with Crippen LogP contribution in [-0.4, -0.2) is 18.0 Å². The summed E-state index contributed by atoms with van der Waals surface area (Å²) >= 11 is 0. The van der Waals surface area contributed by atoms with Crippen molar-refractivity contribution < 1.29 is 4.39 Å². The Bertz CT molecular complexity index is 594. The zero-order valence-electron chi connectivity index (χ0n) is 11.6. The first-order valence-electron chi connectivity index (χ1n) is 6.93. The van der Waals surface area contributed by atoms with Crippen LogP contribution in [0.1, 0.15) is 22.7 Å². The molecule has 0 heterocycles. The number of hydrogen-bond donors (Lipinski definition) is 1. The van der Waals surface area contributed by atoms with Crippen LogP contribution in [-0.2, 0) is 13.0 Å². The third kappa shape index (κ3) is 2.47. The molecule has 104 valence electrons. The molecule has 2 aromatic carbocycles. The van der Waals surface area contributed by atoms with Gasteiger partial charge in [-0.15, -0.1) is 0 Å². The minimum Gasteiger partial charge on any atom is -0.323 e. The van der Waals surface area contributed by atoms with E-state index in [0.29, 0.717) is 6.04 Å². The van der Waals surface area contributed by atoms with E-state index in [0.717, 1.165) is 18.5 Å². The largest absolute Gasteiger partial charge is 0.323 e. The summed E-state index contributed by atoms with van der Waals surface area (Å²) < 4.78 is 12.9. The molecule has 0 saturated carbocycles. The average molecular weight is 270 g/mol. The van der Waals surface area contributed by atoms with E-state index < -0.39 is 0 Å². The molecule has 1 aliphatic carbocycles. The van der Waals surface area contributed by atoms with Gasteiger partial charge in [-0.3, -0.25) is 4.90 Å². The second-order valence-electron chi connectivity index (χ2n) is 5.54. The van der Waals surface area contributed by atoms with Gasteiger partial charge >= 0.3 is 0 Å². The summed E-state index contributed by atoms with van der Waals surface area (Å²) in [7, 11) is 2.08. The van der Waals surface area contributed by atoms with Crippen LogP contribution in [0.4, 0.5) is 4.39 Å². The first kappa shape index (κ1) is 13.3. The van der Waals surface area contributed by atoms with Gasteiger partial charge in [-0.2, -0.15) is 0 Å². The summed E-state index contributed by atoms with van der Waals surface area (Å²) in [4.78, 5) is 2.26. The highest BCUT2D eigenvalue weighted by Crippen LogP contribution is 2.32. The van der Waals surface area contributed by atoms with Gasteiger partial charge in [0.05, 0.1) is 0 Å². The molecular formula is C17H19FN2. The van der Waals surface area contributed by atoms with E-state index in [1.54, 1.807) is 0 Å². The lowest BCUT2D eigenvalue weighted by molar-refractivity contribution is 0.214. The number of likely N-dealkylation sites (N-methyl/N-ethyl adjacent to an activating group) is 1. The molecule has 2 N–H and O–H groups in total. The predicted octanol–water partition coefficient (Wildman–Crippen LogP) is 2.88. The zero-order valence-corrected chi connectivity index (χ0v) is 11.6. The van der Waals surface area contributed by atoms with Crippen molar-refractivity contribution in [3.63, 3.8) is 0 Å². The first-order valence-corrected chi connectivity index (χ1v) is 6.93. The number of nitrogens with two attached hydrogens (primary N) is 1. The minimum atomic E-state index is -0.193. The Morgan fingerprint density at radius 2 is 1.85 bits per heavy atom. The van der Waals surface area contributed by atoms with Gasteiger partial charge in [0.25, 0.3) is 0 Å². The number of fused-ring (bicyclic) bond motifs is 1. The molecule has 0 radical (unpaired) electrons. The maximum Gasteiger partial charge on any atom is 0.123 e. The van der Waals surface area contributed by atoms with Crippen molar-refractivity contribution in [3.8, 4) is 0 Å². The molecule has 0 bridgehead atoms. The number of halogens is 1. The van der Waals surface area contributed by atoms with E-state index in [9.17, 15) is 4.39 Å². The van der Waals surface area contributed by atoms with Crippen LogP contribution in [0.25, 0.3) is 0 Å². The van der Waals surface area contributed by atoms with Crippen molar-refractivity contribution in [2.24, 2.45) is 5.73 Å². The van der Waals surface area contributed by atoms with E-state index >= 15 is 0 Å². The van der Waals surface area contributed by atoms with Crippen molar-refractivity contribution in [1.29, 1.82) is 0 Å². The Labute approximate surface area is 119 Å². The molecule has 0 aliphatic heterocycles. The van der Waals surface area contributed by atoms with E-state index in [-0.39, 0.29) is 11.9 Å². The molecule has 0 spiro atoms. The Hall–Kier alpha value is -1.71. The van der Waals surface area contributed by atoms with Crippen molar-refractivity contribution in [2.75, 3.05) is 7.05 Å². The summed E-state index contributed by atoms with van der Waals surface area (Å²) in [6.45, 7) is 0.784. The molecule has 0 saturated heterocycles. The van der Waals surface area contributed by atoms with Crippen LogP contribution in [0, 0.1) is 5.82 Å². The van der Waals surface area contributed by atoms with Crippen LogP contribution in [0.3, 0.4) is 0 Å². The minimum absolute atomic E-state index is 0.0525. The van der Waals surface area contributed by atoms with Gasteiger partial charge in [-0.25, -0.2) is 4.39 Å². The van der Waals surface area contributed by atoms with Crippen molar-refractivity contribution >= 4 is 0 Å². The van der Waals surface area contributed by atoms with Gasteiger partial charge in [0.15, 0.2) is 0 Å². The maximum atomic E-state index is 12.9. The lowest BCUT2D eigenvalue weighted by Gasteiger charge is -2.28. The first-order chi connectivity index (χ1) is 9.65. The molecule has 20 heavy (non-hydrogen) atoms. The summed E-state index contributed by atoms with van der Waals surface area (Å²) in [5.41, 5.74) is 10.1. The Balaban J connectivity index is 1.73. The zero-order chi connectivity index (χ0) is 14.1. The number of hydrogen-bond acceptors (Lipinski definition) is 2. The highest BCUT2D eigenvalue weighted by molar-refractivity contribution is 5.37. The highest BCUT2D eigenvalue weighted by Gasteiger charge is 2.31. The van der Waals surface area contributed by atoms with Crippen LogP contribution in [0.15, 0.2) is 48.5 Å². The van der Waals surface area contributed by atoms with Crippen molar-refractivity contribution in [1.82, 2.24) is 4.90 Å². The standard InChI is InChI=1S/C17H19FN2/c1-20(11-12-6-8-14(18)9-7-12)16-10-13-4-2-3-5-15(13)17(16)19/h2-9,16-17H,10-11,19H2,1H3. The fourth-order valence-electron chi connectivity index (χ4n) is 3.03. The summed E-state index contributed by atoms with van der Waals surface area (Å²) in [5.74, 6) is -0.193. The Morgan fingerprint density at radius 3 is 2.55 bits per heavy atom. The van der Waals surface area contributed by atoms with Crippen LogP contribution in [0.5, 0.6) is 0 Å². The van der Waals surface area contributed by atoms with E-state index in [1.165, 1.54) is 23.3 Å². The second-order valence-corrected chi connectivity index (χ2v) is 5.54. The van der Waals surface area contributed by atoms with Crippen LogP contribution >= 0.6 is 0 Å². The fourth-order valence-corrected chi connectivity index (χ4v) is 3.03. The van der Waals surface area contributed by atoms with E-state index in [1.807, 2.05) is 18.2 Å². The average Bonchev–Trinajstić information content (AvgIpc) is 2.79. The molecule has 2 atom stereocenters. The third-order valence-electron chi connectivity index (χ3n) is 4.17. The SMILES string of the molecule is CN(Cc1ccc(F)cc1)C1Cc2ccccc2C1N. The molecule has 0 aromatic heterocycles. The molecule has 2 unspecified atom stereocenters. The lowest BCUT2D eigenvalue weighted by atomic mass is 10.1. The maximum absolute atomic E-state index is 12.9. The quantitative estimate of drug-likeness (QED) is 0.929. The topological polar surface area (TPSA) is 29.3 Å². The Morgan fingerprint density at radius 1 is 1.15 bits per heavy atom. The smallest absolute Gasteiger partial charge is 0.123 e. The van der Waals surface area contributed by atoms with E-state index in [2.05, 4.69) is 30.1 Å². The molecule has 0 fully saturated rings. The molecule has 2 nitrogen and oxygen atoms in total. The highest BCUT2D eigenvalue weighted by atomic mass is 19.1. The third-order valence-corrected chi connectivity index (χ3v) is 4.17. The van der Waals surface area contributed by atoms with Gasteiger partial charge < -0.3 is 5.73 Å².